The number of benzene rings is 3. The fourth-order valence-corrected chi connectivity index (χ4v) is 4.06. The second kappa shape index (κ2) is 6.10. The molecule has 124 valence electrons. The minimum Gasteiger partial charge on any atom is -0.315 e. The molecule has 25 heavy (non-hydrogen) atoms. The van der Waals surface area contributed by atoms with Crippen molar-refractivity contribution in [2.24, 2.45) is 0 Å². The van der Waals surface area contributed by atoms with Crippen LogP contribution in [0.25, 0.3) is 10.8 Å². The second-order valence-electron chi connectivity index (χ2n) is 5.90. The largest absolute Gasteiger partial charge is 0.315 e. The third-order valence-corrected chi connectivity index (χ3v) is 5.33. The van der Waals surface area contributed by atoms with E-state index in [2.05, 4.69) is 0 Å². The molecule has 0 aliphatic carbocycles. The smallest absolute Gasteiger partial charge is 0.287 e. The van der Waals surface area contributed by atoms with Crippen LogP contribution in [0.4, 0.5) is 5.69 Å². The van der Waals surface area contributed by atoms with Gasteiger partial charge in [0, 0.05) is 20.9 Å². The van der Waals surface area contributed by atoms with Gasteiger partial charge in [-0.2, -0.15) is 0 Å². The summed E-state index contributed by atoms with van der Waals surface area (Å²) in [5.41, 5.74) is 1.58. The van der Waals surface area contributed by atoms with E-state index >= 15 is 0 Å². The highest BCUT2D eigenvalue weighted by atomic mass is 35.5. The van der Waals surface area contributed by atoms with E-state index in [-0.39, 0.29) is 4.92 Å². The van der Waals surface area contributed by atoms with E-state index < -0.39 is 12.1 Å². The van der Waals surface area contributed by atoms with Crippen LogP contribution in [0.2, 0.25) is 5.02 Å². The fraction of sp³-hybridized carbons (Fsp3) is 0.105. The molecule has 0 unspecified atom stereocenters. The van der Waals surface area contributed by atoms with Crippen LogP contribution in [0.15, 0.2) is 66.7 Å². The molecule has 1 fully saturated rings. The summed E-state index contributed by atoms with van der Waals surface area (Å²) in [7, 11) is 0. The highest BCUT2D eigenvalue weighted by molar-refractivity contribution is 7.80. The Hall–Kier alpha value is -2.50. The predicted octanol–water partition coefficient (Wildman–Crippen LogP) is 5.03. The highest BCUT2D eigenvalue weighted by Gasteiger charge is 2.55. The number of rotatable bonds is 3. The van der Waals surface area contributed by atoms with E-state index in [0.29, 0.717) is 15.6 Å². The Balaban J connectivity index is 1.89. The van der Waals surface area contributed by atoms with E-state index in [1.165, 1.54) is 0 Å². The first-order valence-electron chi connectivity index (χ1n) is 7.78. The van der Waals surface area contributed by atoms with Crippen LogP contribution >= 0.6 is 23.8 Å². The van der Waals surface area contributed by atoms with Gasteiger partial charge in [-0.1, -0.05) is 78.4 Å². The zero-order valence-corrected chi connectivity index (χ0v) is 14.6. The van der Waals surface area contributed by atoms with Crippen molar-refractivity contribution in [2.45, 2.75) is 12.1 Å². The maximum absolute atomic E-state index is 11.6. The van der Waals surface area contributed by atoms with Gasteiger partial charge in [0.15, 0.2) is 4.99 Å². The molecule has 0 N–H and O–H groups in total. The van der Waals surface area contributed by atoms with E-state index in [4.69, 9.17) is 23.8 Å². The monoisotopic (exact) mass is 368 g/mol. The van der Waals surface area contributed by atoms with Gasteiger partial charge in [-0.3, -0.25) is 10.1 Å². The zero-order chi connectivity index (χ0) is 17.6. The van der Waals surface area contributed by atoms with Crippen LogP contribution in [0.5, 0.6) is 0 Å². The number of nitrogens with zero attached hydrogens (tertiary/aromatic N) is 2. The van der Waals surface area contributed by atoms with E-state index in [1.807, 2.05) is 65.6 Å². The van der Waals surface area contributed by atoms with Crippen molar-refractivity contribution in [1.29, 1.82) is 0 Å². The molecule has 1 heterocycles. The third kappa shape index (κ3) is 2.47. The van der Waals surface area contributed by atoms with Crippen molar-refractivity contribution in [3.8, 4) is 0 Å². The number of nitro groups is 1. The molecule has 3 aromatic rings. The normalized spacial score (nSPS) is 19.7. The molecule has 1 aliphatic rings. The van der Waals surface area contributed by atoms with Crippen LogP contribution < -0.4 is 4.90 Å². The first-order valence-corrected chi connectivity index (χ1v) is 8.57. The Morgan fingerprint density at radius 2 is 1.68 bits per heavy atom. The lowest BCUT2D eigenvalue weighted by atomic mass is 9.88. The molecule has 0 saturated carbocycles. The second-order valence-corrected chi connectivity index (χ2v) is 6.73. The van der Waals surface area contributed by atoms with Gasteiger partial charge in [0.2, 0.25) is 0 Å². The first-order chi connectivity index (χ1) is 12.1. The van der Waals surface area contributed by atoms with Crippen LogP contribution in [0.1, 0.15) is 11.6 Å². The average Bonchev–Trinajstić information content (AvgIpc) is 2.60. The van der Waals surface area contributed by atoms with Crippen LogP contribution in [-0.2, 0) is 0 Å². The number of fused-ring (bicyclic) bond motifs is 1. The van der Waals surface area contributed by atoms with Gasteiger partial charge in [0.25, 0.3) is 6.04 Å². The molecule has 0 bridgehead atoms. The van der Waals surface area contributed by atoms with Gasteiger partial charge in [-0.15, -0.1) is 0 Å². The molecule has 0 radical (unpaired) electrons. The summed E-state index contributed by atoms with van der Waals surface area (Å²) in [6.45, 7) is 0. The molecule has 2 atom stereocenters. The minimum absolute atomic E-state index is 0.311. The summed E-state index contributed by atoms with van der Waals surface area (Å²) in [6.07, 6.45) is 0. The Morgan fingerprint density at radius 1 is 1.00 bits per heavy atom. The molecular weight excluding hydrogens is 356 g/mol. The molecule has 0 spiro atoms. The van der Waals surface area contributed by atoms with Crippen molar-refractivity contribution in [3.05, 3.63) is 87.4 Å². The number of thiocarbonyl (C=S) groups is 1. The quantitative estimate of drug-likeness (QED) is 0.369. The average molecular weight is 369 g/mol. The molecule has 4 rings (SSSR count). The predicted molar refractivity (Wildman–Crippen MR) is 104 cm³/mol. The molecule has 1 aliphatic heterocycles. The van der Waals surface area contributed by atoms with Crippen molar-refractivity contribution in [1.82, 2.24) is 0 Å². The first kappa shape index (κ1) is 16.0. The summed E-state index contributed by atoms with van der Waals surface area (Å²) in [5.74, 6) is 0. The van der Waals surface area contributed by atoms with Crippen molar-refractivity contribution < 1.29 is 4.92 Å². The summed E-state index contributed by atoms with van der Waals surface area (Å²) < 4.78 is 0. The molecular formula is C19H13ClN2O2S. The summed E-state index contributed by atoms with van der Waals surface area (Å²) in [5, 5.41) is 14.1. The molecule has 0 amide bonds. The van der Waals surface area contributed by atoms with Crippen LogP contribution in [0.3, 0.4) is 0 Å². The van der Waals surface area contributed by atoms with Gasteiger partial charge in [0.1, 0.15) is 6.04 Å². The van der Waals surface area contributed by atoms with Crippen LogP contribution in [0, 0.1) is 10.1 Å². The van der Waals surface area contributed by atoms with E-state index in [0.717, 1.165) is 16.5 Å². The molecule has 4 nitrogen and oxygen atoms in total. The lowest BCUT2D eigenvalue weighted by molar-refractivity contribution is -0.511. The number of anilines is 1. The summed E-state index contributed by atoms with van der Waals surface area (Å²) in [4.78, 5) is 13.4. The third-order valence-electron chi connectivity index (χ3n) is 4.54. The van der Waals surface area contributed by atoms with E-state index in [9.17, 15) is 10.1 Å². The molecule has 0 aromatic heterocycles. The minimum atomic E-state index is -0.950. The van der Waals surface area contributed by atoms with Gasteiger partial charge in [-0.25, -0.2) is 0 Å². The topological polar surface area (TPSA) is 46.4 Å². The maximum atomic E-state index is 11.6. The highest BCUT2D eigenvalue weighted by Crippen LogP contribution is 2.45. The SMILES string of the molecule is O=[N+]([O-])[C@H]1C(=S)N(c2cccc3ccccc23)[C@H]1c1ccccc1Cl. The molecule has 1 saturated heterocycles. The standard InChI is InChI=1S/C19H13ClN2O2S/c20-15-10-4-3-9-14(15)17-18(22(23)24)19(25)21(17)16-11-5-7-12-6-1-2-8-13(12)16/h1-11,17-18H/t17-,18+/m0/s1. The van der Waals surface area contributed by atoms with Crippen LogP contribution in [-0.4, -0.2) is 16.0 Å². The van der Waals surface area contributed by atoms with Gasteiger partial charge in [0.05, 0.1) is 5.69 Å². The Kier molecular flexibility index (Phi) is 3.90. The van der Waals surface area contributed by atoms with Gasteiger partial charge < -0.3 is 4.90 Å². The number of hydrogen-bond acceptors (Lipinski definition) is 3. The summed E-state index contributed by atoms with van der Waals surface area (Å²) >= 11 is 11.7. The Bertz CT molecular complexity index is 1000. The van der Waals surface area contributed by atoms with Crippen molar-refractivity contribution in [3.63, 3.8) is 0 Å². The maximum Gasteiger partial charge on any atom is 0.287 e. The zero-order valence-electron chi connectivity index (χ0n) is 13.0. The van der Waals surface area contributed by atoms with E-state index in [1.54, 1.807) is 6.07 Å². The number of halogens is 1. The molecule has 3 aromatic carbocycles. The number of hydrogen-bond donors (Lipinski definition) is 0. The Labute approximate surface area is 154 Å². The van der Waals surface area contributed by atoms with Crippen molar-refractivity contribution in [2.75, 3.05) is 4.90 Å². The lowest BCUT2D eigenvalue weighted by Crippen LogP contribution is -2.61. The van der Waals surface area contributed by atoms with Crippen molar-refractivity contribution >= 4 is 45.3 Å². The summed E-state index contributed by atoms with van der Waals surface area (Å²) in [6, 6.07) is 19.6. The lowest BCUT2D eigenvalue weighted by Gasteiger charge is -2.45. The fourth-order valence-electron chi connectivity index (χ4n) is 3.39. The van der Waals surface area contributed by atoms with Gasteiger partial charge >= 0.3 is 0 Å². The van der Waals surface area contributed by atoms with Gasteiger partial charge in [-0.05, 0) is 17.5 Å². The Morgan fingerprint density at radius 3 is 2.44 bits per heavy atom. The molecule has 6 heteroatoms.